The molecule has 0 spiro atoms. The van der Waals surface area contributed by atoms with Crippen molar-refractivity contribution >= 4 is 5.97 Å². The largest absolute Gasteiger partial charge is 0.455 e. The third-order valence-corrected chi connectivity index (χ3v) is 2.15. The third-order valence-electron chi connectivity index (χ3n) is 2.15. The molecule has 0 unspecified atom stereocenters. The Kier molecular flexibility index (Phi) is 3.86. The monoisotopic (exact) mass is 208 g/mol. The molecule has 0 bridgehead atoms. The number of ether oxygens (including phenoxy) is 1. The van der Waals surface area contributed by atoms with Gasteiger partial charge in [-0.3, -0.25) is 4.79 Å². The lowest BCUT2D eigenvalue weighted by Crippen LogP contribution is -2.25. The molecule has 1 N–H and O–H groups in total. The van der Waals surface area contributed by atoms with Crippen molar-refractivity contribution in [1.29, 1.82) is 0 Å². The second-order valence-corrected chi connectivity index (χ2v) is 3.82. The molecule has 1 aromatic rings. The number of benzene rings is 1. The number of aliphatic hydroxyl groups is 1. The minimum Gasteiger partial charge on any atom is -0.455 e. The molecule has 0 aliphatic rings. The van der Waals surface area contributed by atoms with E-state index in [9.17, 15) is 4.79 Å². The van der Waals surface area contributed by atoms with Gasteiger partial charge < -0.3 is 9.84 Å². The maximum absolute atomic E-state index is 11.2. The topological polar surface area (TPSA) is 46.5 Å². The fourth-order valence-corrected chi connectivity index (χ4v) is 1.33. The highest BCUT2D eigenvalue weighted by atomic mass is 16.6. The van der Waals surface area contributed by atoms with Gasteiger partial charge in [-0.1, -0.05) is 30.3 Å². The van der Waals surface area contributed by atoms with E-state index < -0.39 is 5.60 Å². The first-order valence-electron chi connectivity index (χ1n) is 4.94. The van der Waals surface area contributed by atoms with Crippen molar-refractivity contribution in [1.82, 2.24) is 0 Å². The molecule has 0 aliphatic carbocycles. The summed E-state index contributed by atoms with van der Waals surface area (Å²) in [5.74, 6) is -0.383. The fraction of sp³-hybridized carbons (Fsp3) is 0.417. The van der Waals surface area contributed by atoms with Gasteiger partial charge >= 0.3 is 5.97 Å². The predicted octanol–water partition coefficient (Wildman–Crippen LogP) is 1.85. The van der Waals surface area contributed by atoms with Gasteiger partial charge in [-0.25, -0.2) is 0 Å². The summed E-state index contributed by atoms with van der Waals surface area (Å²) in [6.07, 6.45) is 0.0380. The lowest BCUT2D eigenvalue weighted by molar-refractivity contribution is -0.158. The molecule has 0 heterocycles. The lowest BCUT2D eigenvalue weighted by Gasteiger charge is -2.25. The molecule has 1 aromatic carbocycles. The maximum Gasteiger partial charge on any atom is 0.308 e. The van der Waals surface area contributed by atoms with Gasteiger partial charge in [0.1, 0.15) is 5.60 Å². The summed E-state index contributed by atoms with van der Waals surface area (Å²) in [7, 11) is 0. The minimum atomic E-state index is -0.645. The van der Waals surface area contributed by atoms with Crippen LogP contribution >= 0.6 is 0 Å². The van der Waals surface area contributed by atoms with Gasteiger partial charge in [-0.05, 0) is 19.4 Å². The van der Waals surface area contributed by atoms with E-state index in [0.717, 1.165) is 5.56 Å². The molecule has 0 saturated heterocycles. The zero-order chi connectivity index (χ0) is 11.3. The smallest absolute Gasteiger partial charge is 0.308 e. The van der Waals surface area contributed by atoms with Crippen LogP contribution in [0, 0.1) is 0 Å². The fourth-order valence-electron chi connectivity index (χ4n) is 1.33. The highest BCUT2D eigenvalue weighted by Gasteiger charge is 2.24. The van der Waals surface area contributed by atoms with Crippen LogP contribution in [0.3, 0.4) is 0 Å². The maximum atomic E-state index is 11.2. The zero-order valence-corrected chi connectivity index (χ0v) is 9.06. The molecule has 3 heteroatoms. The first kappa shape index (κ1) is 11.7. The number of hydrogen-bond acceptors (Lipinski definition) is 3. The van der Waals surface area contributed by atoms with Crippen LogP contribution in [0.2, 0.25) is 0 Å². The minimum absolute atomic E-state index is 0.0380. The van der Waals surface area contributed by atoms with E-state index in [4.69, 9.17) is 9.84 Å². The van der Waals surface area contributed by atoms with Crippen LogP contribution in [0.5, 0.6) is 0 Å². The first-order valence-corrected chi connectivity index (χ1v) is 4.94. The first-order chi connectivity index (χ1) is 7.06. The second-order valence-electron chi connectivity index (χ2n) is 3.82. The van der Waals surface area contributed by atoms with Crippen molar-refractivity contribution in [3.8, 4) is 0 Å². The summed E-state index contributed by atoms with van der Waals surface area (Å²) in [4.78, 5) is 11.2. The van der Waals surface area contributed by atoms with Crippen LogP contribution in [0.25, 0.3) is 0 Å². The molecule has 0 fully saturated rings. The van der Waals surface area contributed by atoms with Crippen LogP contribution < -0.4 is 0 Å². The van der Waals surface area contributed by atoms with E-state index in [2.05, 4.69) is 0 Å². The number of rotatable bonds is 4. The molecule has 0 aromatic heterocycles. The van der Waals surface area contributed by atoms with Gasteiger partial charge in [0.2, 0.25) is 0 Å². The average Bonchev–Trinajstić information content (AvgIpc) is 2.18. The van der Waals surface area contributed by atoms with Crippen LogP contribution in [-0.4, -0.2) is 17.7 Å². The Bertz CT molecular complexity index is 317. The van der Waals surface area contributed by atoms with E-state index in [0.29, 0.717) is 0 Å². The number of carbonyl (C=O) groups is 1. The molecule has 0 amide bonds. The Labute approximate surface area is 89.7 Å². The molecular formula is C12H16O3. The van der Waals surface area contributed by atoms with Crippen molar-refractivity contribution in [2.24, 2.45) is 0 Å². The molecule has 1 rings (SSSR count). The Hall–Kier alpha value is -1.35. The van der Waals surface area contributed by atoms with E-state index in [1.807, 2.05) is 44.2 Å². The zero-order valence-electron chi connectivity index (χ0n) is 9.06. The molecule has 3 nitrogen and oxygen atoms in total. The van der Waals surface area contributed by atoms with Crippen molar-refractivity contribution in [3.63, 3.8) is 0 Å². The van der Waals surface area contributed by atoms with Gasteiger partial charge in [-0.2, -0.15) is 0 Å². The molecule has 0 aliphatic heterocycles. The van der Waals surface area contributed by atoms with Gasteiger partial charge in [0.25, 0.3) is 0 Å². The summed E-state index contributed by atoms with van der Waals surface area (Å²) in [6.45, 7) is 3.49. The highest BCUT2D eigenvalue weighted by Crippen LogP contribution is 2.24. The molecule has 0 saturated carbocycles. The Morgan fingerprint density at radius 2 is 1.93 bits per heavy atom. The molecular weight excluding hydrogens is 192 g/mol. The number of hydrogen-bond donors (Lipinski definition) is 1. The van der Waals surface area contributed by atoms with Gasteiger partial charge in [0, 0.05) is 0 Å². The molecule has 82 valence electrons. The predicted molar refractivity (Wildman–Crippen MR) is 57.3 cm³/mol. The molecule has 15 heavy (non-hydrogen) atoms. The summed E-state index contributed by atoms with van der Waals surface area (Å²) in [6, 6.07) is 9.53. The molecule has 0 atom stereocenters. The second kappa shape index (κ2) is 4.94. The lowest BCUT2D eigenvalue weighted by atomic mass is 9.98. The van der Waals surface area contributed by atoms with Crippen LogP contribution in [0.15, 0.2) is 30.3 Å². The van der Waals surface area contributed by atoms with Crippen molar-refractivity contribution in [3.05, 3.63) is 35.9 Å². The van der Waals surface area contributed by atoms with Crippen LogP contribution in [0.4, 0.5) is 0 Å². The van der Waals surface area contributed by atoms with Gasteiger partial charge in [0.05, 0.1) is 13.0 Å². The molecule has 0 radical (unpaired) electrons. The number of esters is 1. The quantitative estimate of drug-likeness (QED) is 0.768. The van der Waals surface area contributed by atoms with E-state index >= 15 is 0 Å². The van der Waals surface area contributed by atoms with Crippen LogP contribution in [0.1, 0.15) is 25.8 Å². The summed E-state index contributed by atoms with van der Waals surface area (Å²) in [5.41, 5.74) is 0.296. The summed E-state index contributed by atoms with van der Waals surface area (Å²) >= 11 is 0. The number of aliphatic hydroxyl groups excluding tert-OH is 1. The standard InChI is InChI=1S/C12H16O3/c1-12(2,15-11(14)8-9-13)10-6-4-3-5-7-10/h3-7,13H,8-9H2,1-2H3. The van der Waals surface area contributed by atoms with Crippen LogP contribution in [-0.2, 0) is 15.1 Å². The Morgan fingerprint density at radius 1 is 1.33 bits per heavy atom. The Morgan fingerprint density at radius 3 is 2.47 bits per heavy atom. The van der Waals surface area contributed by atoms with Gasteiger partial charge in [0.15, 0.2) is 0 Å². The summed E-state index contributed by atoms with van der Waals surface area (Å²) in [5, 5.41) is 8.60. The van der Waals surface area contributed by atoms with E-state index in [1.54, 1.807) is 0 Å². The van der Waals surface area contributed by atoms with Crippen molar-refractivity contribution in [2.45, 2.75) is 25.9 Å². The summed E-state index contributed by atoms with van der Waals surface area (Å²) < 4.78 is 5.27. The highest BCUT2D eigenvalue weighted by molar-refractivity contribution is 5.70. The van der Waals surface area contributed by atoms with Crippen molar-refractivity contribution < 1.29 is 14.6 Å². The van der Waals surface area contributed by atoms with Gasteiger partial charge in [-0.15, -0.1) is 0 Å². The third kappa shape index (κ3) is 3.36. The Balaban J connectivity index is 2.71. The van der Waals surface area contributed by atoms with Crippen molar-refractivity contribution in [2.75, 3.05) is 6.61 Å². The van der Waals surface area contributed by atoms with E-state index in [-0.39, 0.29) is 19.0 Å². The van der Waals surface area contributed by atoms with E-state index in [1.165, 1.54) is 0 Å². The number of carbonyl (C=O) groups excluding carboxylic acids is 1. The normalized spacial score (nSPS) is 11.1. The SMILES string of the molecule is CC(C)(OC(=O)CCO)c1ccccc1. The average molecular weight is 208 g/mol.